The van der Waals surface area contributed by atoms with Crippen molar-refractivity contribution in [3.8, 4) is 0 Å². The minimum atomic E-state index is -4.47. The molecule has 1 aliphatic heterocycles. The molecular formula is C24H22F3N3O2S. The van der Waals surface area contributed by atoms with E-state index in [1.54, 1.807) is 11.3 Å². The van der Waals surface area contributed by atoms with E-state index >= 15 is 0 Å². The summed E-state index contributed by atoms with van der Waals surface area (Å²) in [5.74, 6) is -1.77. The summed E-state index contributed by atoms with van der Waals surface area (Å²) in [6.07, 6.45) is -3.56. The highest BCUT2D eigenvalue weighted by atomic mass is 32.1. The minimum Gasteiger partial charge on any atom is -0.346 e. The van der Waals surface area contributed by atoms with Crippen molar-refractivity contribution >= 4 is 28.8 Å². The summed E-state index contributed by atoms with van der Waals surface area (Å²) in [5.41, 5.74) is 2.91. The van der Waals surface area contributed by atoms with E-state index in [2.05, 4.69) is 27.7 Å². The van der Waals surface area contributed by atoms with E-state index in [9.17, 15) is 22.8 Å². The van der Waals surface area contributed by atoms with Crippen molar-refractivity contribution in [2.24, 2.45) is 0 Å². The molecule has 1 aliphatic rings. The van der Waals surface area contributed by atoms with Crippen LogP contribution in [0.15, 0.2) is 65.4 Å². The molecule has 9 heteroatoms. The highest BCUT2D eigenvalue weighted by Gasteiger charge is 2.30. The van der Waals surface area contributed by atoms with Gasteiger partial charge in [0.25, 0.3) is 0 Å². The van der Waals surface area contributed by atoms with E-state index in [4.69, 9.17) is 0 Å². The van der Waals surface area contributed by atoms with Crippen molar-refractivity contribution in [1.82, 2.24) is 10.2 Å². The standard InChI is InChI=1S/C24H22F3N3O2S/c25-24(26,27)19-5-7-20(8-6-19)29-23(32)22(31)28-13-21(18-10-12-33-15-18)30-11-9-16-3-1-2-4-17(16)14-30/h1-8,10,12,15,21H,9,11,13-14H2,(H,28,31)(H,29,32)/t21-/m0/s1. The lowest BCUT2D eigenvalue weighted by Gasteiger charge is -2.35. The van der Waals surface area contributed by atoms with Crippen LogP contribution in [0.3, 0.4) is 0 Å². The molecule has 0 aliphatic carbocycles. The third kappa shape index (κ3) is 5.61. The molecule has 0 saturated carbocycles. The Kier molecular flexibility index (Phi) is 6.80. The maximum Gasteiger partial charge on any atom is 0.416 e. The number of hydrogen-bond donors (Lipinski definition) is 2. The number of anilines is 1. The third-order valence-electron chi connectivity index (χ3n) is 5.66. The molecule has 2 aromatic carbocycles. The monoisotopic (exact) mass is 473 g/mol. The first-order valence-corrected chi connectivity index (χ1v) is 11.3. The fourth-order valence-corrected chi connectivity index (χ4v) is 4.61. The Morgan fingerprint density at radius 3 is 2.39 bits per heavy atom. The molecule has 4 rings (SSSR count). The van der Waals surface area contributed by atoms with Gasteiger partial charge >= 0.3 is 18.0 Å². The van der Waals surface area contributed by atoms with Gasteiger partial charge in [0.1, 0.15) is 0 Å². The number of benzene rings is 2. The van der Waals surface area contributed by atoms with E-state index < -0.39 is 23.6 Å². The van der Waals surface area contributed by atoms with Crippen molar-refractivity contribution in [3.05, 3.63) is 87.6 Å². The van der Waals surface area contributed by atoms with Gasteiger partial charge in [-0.2, -0.15) is 24.5 Å². The zero-order valence-electron chi connectivity index (χ0n) is 17.6. The molecule has 5 nitrogen and oxygen atoms in total. The molecule has 2 amide bonds. The van der Waals surface area contributed by atoms with Crippen LogP contribution >= 0.6 is 11.3 Å². The van der Waals surface area contributed by atoms with Crippen LogP contribution in [0.4, 0.5) is 18.9 Å². The number of nitrogens with zero attached hydrogens (tertiary/aromatic N) is 1. The average molecular weight is 474 g/mol. The summed E-state index contributed by atoms with van der Waals surface area (Å²) < 4.78 is 38.1. The number of nitrogens with one attached hydrogen (secondary N) is 2. The number of alkyl halides is 3. The summed E-state index contributed by atoms with van der Waals surface area (Å²) in [6, 6.07) is 14.1. The molecule has 0 fully saturated rings. The second-order valence-electron chi connectivity index (χ2n) is 7.80. The molecular weight excluding hydrogens is 451 g/mol. The van der Waals surface area contributed by atoms with Gasteiger partial charge in [0.15, 0.2) is 0 Å². The first-order chi connectivity index (χ1) is 15.8. The lowest BCUT2D eigenvalue weighted by atomic mass is 9.97. The van der Waals surface area contributed by atoms with Crippen LogP contribution in [0.5, 0.6) is 0 Å². The van der Waals surface area contributed by atoms with Gasteiger partial charge in [0.05, 0.1) is 11.6 Å². The second-order valence-corrected chi connectivity index (χ2v) is 8.58. The molecule has 172 valence electrons. The van der Waals surface area contributed by atoms with Crippen LogP contribution in [-0.2, 0) is 28.7 Å². The van der Waals surface area contributed by atoms with Gasteiger partial charge in [-0.25, -0.2) is 0 Å². The number of carbonyl (C=O) groups excluding carboxylic acids is 2. The summed E-state index contributed by atoms with van der Waals surface area (Å²) >= 11 is 1.56. The third-order valence-corrected chi connectivity index (χ3v) is 6.36. The number of carbonyl (C=O) groups is 2. The molecule has 1 atom stereocenters. The van der Waals surface area contributed by atoms with Crippen LogP contribution in [0, 0.1) is 0 Å². The predicted molar refractivity (Wildman–Crippen MR) is 121 cm³/mol. The first kappa shape index (κ1) is 23.0. The molecule has 33 heavy (non-hydrogen) atoms. The van der Waals surface area contributed by atoms with Crippen LogP contribution in [0.25, 0.3) is 0 Å². The first-order valence-electron chi connectivity index (χ1n) is 10.4. The van der Waals surface area contributed by atoms with E-state index in [0.29, 0.717) is 0 Å². The van der Waals surface area contributed by atoms with E-state index in [-0.39, 0.29) is 18.3 Å². The highest BCUT2D eigenvalue weighted by Crippen LogP contribution is 2.30. The van der Waals surface area contributed by atoms with Crippen molar-refractivity contribution in [2.75, 3.05) is 18.4 Å². The highest BCUT2D eigenvalue weighted by molar-refractivity contribution is 7.08. The lowest BCUT2D eigenvalue weighted by Crippen LogP contribution is -2.43. The largest absolute Gasteiger partial charge is 0.416 e. The van der Waals surface area contributed by atoms with Gasteiger partial charge in [-0.05, 0) is 64.2 Å². The van der Waals surface area contributed by atoms with Gasteiger partial charge in [0.2, 0.25) is 0 Å². The molecule has 0 bridgehead atoms. The number of thiophene rings is 1. The zero-order chi connectivity index (χ0) is 23.4. The molecule has 0 saturated heterocycles. The zero-order valence-corrected chi connectivity index (χ0v) is 18.4. The summed E-state index contributed by atoms with van der Waals surface area (Å²) in [6.45, 7) is 1.80. The van der Waals surface area contributed by atoms with Gasteiger partial charge in [0, 0.05) is 25.3 Å². The van der Waals surface area contributed by atoms with Gasteiger partial charge in [-0.3, -0.25) is 14.5 Å². The molecule has 0 radical (unpaired) electrons. The van der Waals surface area contributed by atoms with Crippen molar-refractivity contribution in [2.45, 2.75) is 25.2 Å². The van der Waals surface area contributed by atoms with E-state index in [1.165, 1.54) is 11.1 Å². The number of rotatable bonds is 5. The van der Waals surface area contributed by atoms with Crippen LogP contribution < -0.4 is 10.6 Å². The minimum absolute atomic E-state index is 0.104. The molecule has 2 N–H and O–H groups in total. The molecule has 3 aromatic rings. The number of fused-ring (bicyclic) bond motifs is 1. The summed E-state index contributed by atoms with van der Waals surface area (Å²) in [4.78, 5) is 27.0. The number of hydrogen-bond acceptors (Lipinski definition) is 4. The van der Waals surface area contributed by atoms with Crippen LogP contribution in [0.1, 0.15) is 28.3 Å². The Bertz CT molecular complexity index is 1110. The molecule has 0 unspecified atom stereocenters. The Hall–Kier alpha value is -3.17. The average Bonchev–Trinajstić information content (AvgIpc) is 3.33. The van der Waals surface area contributed by atoms with Gasteiger partial charge in [-0.1, -0.05) is 24.3 Å². The Morgan fingerprint density at radius 1 is 1.00 bits per heavy atom. The van der Waals surface area contributed by atoms with Crippen LogP contribution in [-0.4, -0.2) is 29.8 Å². The Morgan fingerprint density at radius 2 is 1.73 bits per heavy atom. The fourth-order valence-electron chi connectivity index (χ4n) is 3.91. The van der Waals surface area contributed by atoms with Crippen molar-refractivity contribution in [3.63, 3.8) is 0 Å². The van der Waals surface area contributed by atoms with E-state index in [0.717, 1.165) is 49.3 Å². The van der Waals surface area contributed by atoms with E-state index in [1.807, 2.05) is 29.0 Å². The molecule has 0 spiro atoms. The second kappa shape index (κ2) is 9.76. The SMILES string of the molecule is O=C(NC[C@@H](c1ccsc1)N1CCc2ccccc2C1)C(=O)Nc1ccc(C(F)(F)F)cc1. The topological polar surface area (TPSA) is 61.4 Å². The maximum absolute atomic E-state index is 12.7. The summed E-state index contributed by atoms with van der Waals surface area (Å²) in [5, 5.41) is 9.02. The Balaban J connectivity index is 1.39. The number of halogens is 3. The fraction of sp³-hybridized carbons (Fsp3) is 0.250. The molecule has 1 aromatic heterocycles. The predicted octanol–water partition coefficient (Wildman–Crippen LogP) is 4.62. The van der Waals surface area contributed by atoms with Crippen molar-refractivity contribution in [1.29, 1.82) is 0 Å². The van der Waals surface area contributed by atoms with Crippen molar-refractivity contribution < 1.29 is 22.8 Å². The van der Waals surface area contributed by atoms with Gasteiger partial charge < -0.3 is 10.6 Å². The Labute approximate surface area is 193 Å². The molecule has 2 heterocycles. The maximum atomic E-state index is 12.7. The number of amides is 2. The quantitative estimate of drug-likeness (QED) is 0.532. The lowest BCUT2D eigenvalue weighted by molar-refractivity contribution is -0.137. The van der Waals surface area contributed by atoms with Gasteiger partial charge in [-0.15, -0.1) is 0 Å². The normalized spacial score (nSPS) is 14.9. The smallest absolute Gasteiger partial charge is 0.346 e. The van der Waals surface area contributed by atoms with Crippen LogP contribution in [0.2, 0.25) is 0 Å². The summed E-state index contributed by atoms with van der Waals surface area (Å²) in [7, 11) is 0.